The fourth-order valence-corrected chi connectivity index (χ4v) is 3.20. The molecule has 1 aliphatic rings. The summed E-state index contributed by atoms with van der Waals surface area (Å²) in [6, 6.07) is 1.85. The van der Waals surface area contributed by atoms with E-state index in [4.69, 9.17) is 0 Å². The largest absolute Gasteiger partial charge is 0.435 e. The second-order valence-corrected chi connectivity index (χ2v) is 6.58. The van der Waals surface area contributed by atoms with E-state index in [9.17, 15) is 13.2 Å². The number of hydrogen-bond donors (Lipinski definition) is 2. The summed E-state index contributed by atoms with van der Waals surface area (Å²) in [6.07, 6.45) is 2.14. The summed E-state index contributed by atoms with van der Waals surface area (Å²) < 4.78 is 40.4. The number of nitrogens with one attached hydrogen (secondary N) is 2. The van der Waals surface area contributed by atoms with Crippen molar-refractivity contribution in [3.05, 3.63) is 35.9 Å². The summed E-state index contributed by atoms with van der Waals surface area (Å²) in [5.41, 5.74) is -0.816. The lowest BCUT2D eigenvalue weighted by Gasteiger charge is -2.33. The Bertz CT molecular complexity index is 802. The zero-order valence-electron chi connectivity index (χ0n) is 15.7. The van der Waals surface area contributed by atoms with E-state index in [1.807, 2.05) is 0 Å². The van der Waals surface area contributed by atoms with E-state index in [1.54, 1.807) is 25.5 Å². The van der Waals surface area contributed by atoms with Gasteiger partial charge in [0.1, 0.15) is 0 Å². The summed E-state index contributed by atoms with van der Waals surface area (Å²) >= 11 is 0. The molecule has 0 radical (unpaired) electrons. The smallest absolute Gasteiger partial charge is 0.352 e. The number of aromatic nitrogens is 4. The van der Waals surface area contributed by atoms with Crippen LogP contribution in [-0.2, 0) is 19.8 Å². The molecule has 8 nitrogen and oxygen atoms in total. The van der Waals surface area contributed by atoms with Crippen LogP contribution in [0.2, 0.25) is 0 Å². The third-order valence-corrected chi connectivity index (χ3v) is 4.44. The van der Waals surface area contributed by atoms with Gasteiger partial charge in [-0.25, -0.2) is 9.97 Å². The number of halogens is 3. The number of aliphatic imine (C=N–C) groups is 1. The average Bonchev–Trinajstić information content (AvgIpc) is 3.07. The standard InChI is InChI=1S/C17H23F3N8/c1-21-15(24-9-12-10-27(2)26-14(12)17(18,19)20)25-13-5-3-8-28(11-13)16-22-6-4-7-23-16/h4,6-7,10,13H,3,5,8-9,11H2,1-2H3,(H2,21,24,25). The monoisotopic (exact) mass is 396 g/mol. The highest BCUT2D eigenvalue weighted by Crippen LogP contribution is 2.30. The Hall–Kier alpha value is -2.85. The van der Waals surface area contributed by atoms with Crippen molar-refractivity contribution in [2.24, 2.45) is 12.0 Å². The van der Waals surface area contributed by atoms with Gasteiger partial charge >= 0.3 is 6.18 Å². The second-order valence-electron chi connectivity index (χ2n) is 6.58. The number of piperidine rings is 1. The van der Waals surface area contributed by atoms with Crippen molar-refractivity contribution in [1.82, 2.24) is 30.4 Å². The summed E-state index contributed by atoms with van der Waals surface area (Å²) in [6.45, 7) is 1.52. The molecule has 1 saturated heterocycles. The summed E-state index contributed by atoms with van der Waals surface area (Å²) in [5, 5.41) is 9.74. The van der Waals surface area contributed by atoms with Gasteiger partial charge in [0.2, 0.25) is 5.95 Å². The van der Waals surface area contributed by atoms with Crippen molar-refractivity contribution >= 4 is 11.9 Å². The highest BCUT2D eigenvalue weighted by atomic mass is 19.4. The van der Waals surface area contributed by atoms with Crippen LogP contribution in [0.25, 0.3) is 0 Å². The molecule has 2 N–H and O–H groups in total. The van der Waals surface area contributed by atoms with Gasteiger partial charge in [-0.15, -0.1) is 0 Å². The average molecular weight is 396 g/mol. The van der Waals surface area contributed by atoms with Crippen LogP contribution in [0.3, 0.4) is 0 Å². The highest BCUT2D eigenvalue weighted by molar-refractivity contribution is 5.80. The van der Waals surface area contributed by atoms with E-state index >= 15 is 0 Å². The molecule has 1 aliphatic heterocycles. The van der Waals surface area contributed by atoms with E-state index in [0.717, 1.165) is 24.1 Å². The van der Waals surface area contributed by atoms with E-state index < -0.39 is 11.9 Å². The van der Waals surface area contributed by atoms with E-state index in [1.165, 1.54) is 13.2 Å². The Morgan fingerprint density at radius 1 is 1.32 bits per heavy atom. The Kier molecular flexibility index (Phi) is 6.00. The Morgan fingerprint density at radius 3 is 2.75 bits per heavy atom. The molecule has 1 atom stereocenters. The number of guanidine groups is 1. The molecule has 3 heterocycles. The first-order chi connectivity index (χ1) is 13.4. The minimum Gasteiger partial charge on any atom is -0.352 e. The zero-order valence-corrected chi connectivity index (χ0v) is 15.7. The molecule has 11 heteroatoms. The number of anilines is 1. The molecule has 0 amide bonds. The number of rotatable bonds is 4. The quantitative estimate of drug-likeness (QED) is 0.603. The third-order valence-electron chi connectivity index (χ3n) is 4.44. The number of alkyl halides is 3. The molecular weight excluding hydrogens is 373 g/mol. The molecule has 0 bridgehead atoms. The van der Waals surface area contributed by atoms with Gasteiger partial charge in [0.25, 0.3) is 0 Å². The van der Waals surface area contributed by atoms with Crippen molar-refractivity contribution in [3.63, 3.8) is 0 Å². The van der Waals surface area contributed by atoms with Gasteiger partial charge in [-0.1, -0.05) is 0 Å². The van der Waals surface area contributed by atoms with Gasteiger partial charge in [-0.05, 0) is 18.9 Å². The Labute approximate surface area is 160 Å². The topological polar surface area (TPSA) is 83.3 Å². The normalized spacial score (nSPS) is 18.2. The van der Waals surface area contributed by atoms with Gasteiger partial charge in [0.05, 0.1) is 0 Å². The Morgan fingerprint density at radius 2 is 2.07 bits per heavy atom. The first kappa shape index (κ1) is 19.9. The molecule has 0 aliphatic carbocycles. The fraction of sp³-hybridized carbons (Fsp3) is 0.529. The molecule has 28 heavy (non-hydrogen) atoms. The van der Waals surface area contributed by atoms with E-state index in [0.29, 0.717) is 18.5 Å². The molecule has 152 valence electrons. The van der Waals surface area contributed by atoms with Crippen molar-refractivity contribution < 1.29 is 13.2 Å². The van der Waals surface area contributed by atoms with Gasteiger partial charge in [-0.2, -0.15) is 18.3 Å². The highest BCUT2D eigenvalue weighted by Gasteiger charge is 2.36. The zero-order chi connectivity index (χ0) is 20.1. The summed E-state index contributed by atoms with van der Waals surface area (Å²) in [7, 11) is 3.05. The maximum Gasteiger partial charge on any atom is 0.435 e. The predicted octanol–water partition coefficient (Wildman–Crippen LogP) is 1.56. The van der Waals surface area contributed by atoms with Gasteiger partial charge in [0.15, 0.2) is 11.7 Å². The van der Waals surface area contributed by atoms with Gasteiger partial charge in [0, 0.05) is 63.9 Å². The molecule has 0 saturated carbocycles. The van der Waals surface area contributed by atoms with Crippen molar-refractivity contribution in [1.29, 1.82) is 0 Å². The van der Waals surface area contributed by atoms with Crippen molar-refractivity contribution in [2.45, 2.75) is 31.6 Å². The molecule has 0 aromatic carbocycles. The number of nitrogens with zero attached hydrogens (tertiary/aromatic N) is 6. The summed E-state index contributed by atoms with van der Waals surface area (Å²) in [4.78, 5) is 14.8. The molecule has 2 aromatic rings. The third kappa shape index (κ3) is 4.90. The number of hydrogen-bond acceptors (Lipinski definition) is 5. The van der Waals surface area contributed by atoms with Crippen LogP contribution in [0.15, 0.2) is 29.6 Å². The molecule has 1 unspecified atom stereocenters. The van der Waals surface area contributed by atoms with Gasteiger partial charge in [-0.3, -0.25) is 9.67 Å². The van der Waals surface area contributed by atoms with Crippen LogP contribution in [0.4, 0.5) is 19.1 Å². The van der Waals surface area contributed by atoms with Gasteiger partial charge < -0.3 is 15.5 Å². The molecule has 1 fully saturated rings. The van der Waals surface area contributed by atoms with Crippen LogP contribution < -0.4 is 15.5 Å². The minimum absolute atomic E-state index is 0.0272. The SMILES string of the molecule is CN=C(NCc1cn(C)nc1C(F)(F)F)NC1CCCN(c2ncccn2)C1. The number of aryl methyl sites for hydroxylation is 1. The van der Waals surface area contributed by atoms with Crippen molar-refractivity contribution in [3.8, 4) is 0 Å². The maximum atomic E-state index is 13.1. The lowest BCUT2D eigenvalue weighted by Crippen LogP contribution is -2.51. The molecule has 2 aromatic heterocycles. The molecule has 0 spiro atoms. The minimum atomic E-state index is -4.49. The fourth-order valence-electron chi connectivity index (χ4n) is 3.20. The van der Waals surface area contributed by atoms with Crippen LogP contribution in [-0.4, -0.2) is 51.9 Å². The second kappa shape index (κ2) is 8.44. The first-order valence-electron chi connectivity index (χ1n) is 8.95. The van der Waals surface area contributed by atoms with E-state index in [-0.39, 0.29) is 18.2 Å². The van der Waals surface area contributed by atoms with Crippen LogP contribution in [0.1, 0.15) is 24.1 Å². The van der Waals surface area contributed by atoms with Crippen LogP contribution >= 0.6 is 0 Å². The maximum absolute atomic E-state index is 13.1. The lowest BCUT2D eigenvalue weighted by atomic mass is 10.1. The van der Waals surface area contributed by atoms with E-state index in [2.05, 4.69) is 35.6 Å². The van der Waals surface area contributed by atoms with Crippen LogP contribution in [0, 0.1) is 0 Å². The lowest BCUT2D eigenvalue weighted by molar-refractivity contribution is -0.142. The first-order valence-corrected chi connectivity index (χ1v) is 8.95. The molecule has 3 rings (SSSR count). The van der Waals surface area contributed by atoms with Crippen LogP contribution in [0.5, 0.6) is 0 Å². The van der Waals surface area contributed by atoms with Crippen molar-refractivity contribution in [2.75, 3.05) is 25.0 Å². The molecular formula is C17H23F3N8. The predicted molar refractivity (Wildman–Crippen MR) is 98.8 cm³/mol. The summed E-state index contributed by atoms with van der Waals surface area (Å²) in [5.74, 6) is 1.11. The Balaban J connectivity index is 1.59.